The second-order valence-corrected chi connectivity index (χ2v) is 6.90. The molecule has 0 unspecified atom stereocenters. The van der Waals surface area contributed by atoms with E-state index in [9.17, 15) is 0 Å². The molecule has 0 heterocycles. The van der Waals surface area contributed by atoms with E-state index in [1.807, 2.05) is 0 Å². The molecule has 3 rings (SSSR count). The zero-order valence-electron chi connectivity index (χ0n) is 14.4. The minimum absolute atomic E-state index is 0. The number of hydrogen-bond acceptors (Lipinski definition) is 2. The number of benzene rings is 1. The van der Waals surface area contributed by atoms with Gasteiger partial charge in [0.1, 0.15) is 5.75 Å². The zero-order valence-corrected chi connectivity index (χ0v) is 16.7. The number of nitrogens with one attached hydrogen (secondary N) is 1. The molecule has 0 atom stereocenters. The largest absolute Gasteiger partial charge is 0.490 e. The maximum absolute atomic E-state index is 6.05. The SMILES string of the molecule is I.NC(=NCc1ccc(OC2CCCCC2)cc1)NCC1CCC1. The minimum atomic E-state index is 0. The summed E-state index contributed by atoms with van der Waals surface area (Å²) in [6.45, 7) is 1.58. The van der Waals surface area contributed by atoms with Crippen molar-refractivity contribution in [1.29, 1.82) is 0 Å². The molecule has 2 saturated carbocycles. The molecular formula is C19H30IN3O. The van der Waals surface area contributed by atoms with Gasteiger partial charge in [-0.1, -0.05) is 25.0 Å². The highest BCUT2D eigenvalue weighted by Gasteiger charge is 2.17. The normalized spacial score (nSPS) is 19.2. The Morgan fingerprint density at radius 3 is 2.38 bits per heavy atom. The monoisotopic (exact) mass is 443 g/mol. The van der Waals surface area contributed by atoms with Crippen LogP contribution in [0.5, 0.6) is 5.75 Å². The Morgan fingerprint density at radius 2 is 1.75 bits per heavy atom. The fourth-order valence-corrected chi connectivity index (χ4v) is 3.23. The van der Waals surface area contributed by atoms with Gasteiger partial charge in [0.2, 0.25) is 0 Å². The molecule has 1 aromatic rings. The van der Waals surface area contributed by atoms with Crippen molar-refractivity contribution in [3.8, 4) is 5.75 Å². The molecule has 4 nitrogen and oxygen atoms in total. The molecule has 134 valence electrons. The van der Waals surface area contributed by atoms with Crippen molar-refractivity contribution in [3.05, 3.63) is 29.8 Å². The average Bonchev–Trinajstić information content (AvgIpc) is 2.54. The standard InChI is InChI=1S/C19H29N3O.HI/c20-19(21-13-15-5-4-6-15)22-14-16-9-11-18(12-10-16)23-17-7-2-1-3-8-17;/h9-12,15,17H,1-8,13-14H2,(H3,20,21,22);1H. The molecule has 2 aliphatic carbocycles. The van der Waals surface area contributed by atoms with Gasteiger partial charge in [0, 0.05) is 6.54 Å². The quantitative estimate of drug-likeness (QED) is 0.393. The third-order valence-corrected chi connectivity index (χ3v) is 5.01. The molecule has 0 saturated heterocycles. The maximum atomic E-state index is 6.05. The summed E-state index contributed by atoms with van der Waals surface area (Å²) < 4.78 is 6.05. The first-order chi connectivity index (χ1) is 11.3. The summed E-state index contributed by atoms with van der Waals surface area (Å²) in [5, 5.41) is 3.22. The number of rotatable bonds is 6. The summed E-state index contributed by atoms with van der Waals surface area (Å²) in [4.78, 5) is 4.41. The molecular weight excluding hydrogens is 413 g/mol. The van der Waals surface area contributed by atoms with Crippen LogP contribution < -0.4 is 15.8 Å². The zero-order chi connectivity index (χ0) is 15.9. The van der Waals surface area contributed by atoms with Crippen LogP contribution in [0.15, 0.2) is 29.3 Å². The second-order valence-electron chi connectivity index (χ2n) is 6.90. The van der Waals surface area contributed by atoms with Crippen LogP contribution in [-0.4, -0.2) is 18.6 Å². The average molecular weight is 443 g/mol. The molecule has 2 fully saturated rings. The van der Waals surface area contributed by atoms with E-state index in [1.54, 1.807) is 0 Å². The predicted molar refractivity (Wildman–Crippen MR) is 110 cm³/mol. The Labute approximate surface area is 162 Å². The lowest BCUT2D eigenvalue weighted by Gasteiger charge is -2.25. The second kappa shape index (κ2) is 10.1. The van der Waals surface area contributed by atoms with Crippen LogP contribution in [0.2, 0.25) is 0 Å². The topological polar surface area (TPSA) is 59.6 Å². The van der Waals surface area contributed by atoms with Gasteiger partial charge < -0.3 is 15.8 Å². The summed E-state index contributed by atoms with van der Waals surface area (Å²) in [5.74, 6) is 2.32. The van der Waals surface area contributed by atoms with E-state index in [1.165, 1.54) is 51.4 Å². The Balaban J connectivity index is 0.00000208. The highest BCUT2D eigenvalue weighted by atomic mass is 127. The molecule has 5 heteroatoms. The highest BCUT2D eigenvalue weighted by molar-refractivity contribution is 14.0. The van der Waals surface area contributed by atoms with Gasteiger partial charge in [-0.25, -0.2) is 4.99 Å². The third kappa shape index (κ3) is 6.15. The molecule has 24 heavy (non-hydrogen) atoms. The van der Waals surface area contributed by atoms with Crippen LogP contribution in [0.4, 0.5) is 0 Å². The lowest BCUT2D eigenvalue weighted by molar-refractivity contribution is 0.155. The summed E-state index contributed by atoms with van der Waals surface area (Å²) in [6.07, 6.45) is 10.7. The predicted octanol–water partition coefficient (Wildman–Crippen LogP) is 4.22. The van der Waals surface area contributed by atoms with Gasteiger partial charge in [-0.15, -0.1) is 24.0 Å². The van der Waals surface area contributed by atoms with Crippen LogP contribution in [0, 0.1) is 5.92 Å². The molecule has 0 bridgehead atoms. The van der Waals surface area contributed by atoms with Crippen LogP contribution >= 0.6 is 24.0 Å². The van der Waals surface area contributed by atoms with Gasteiger partial charge in [0.15, 0.2) is 5.96 Å². The van der Waals surface area contributed by atoms with Crippen molar-refractivity contribution in [3.63, 3.8) is 0 Å². The van der Waals surface area contributed by atoms with E-state index in [0.717, 1.165) is 23.8 Å². The van der Waals surface area contributed by atoms with Crippen molar-refractivity contribution < 1.29 is 4.74 Å². The van der Waals surface area contributed by atoms with Crippen molar-refractivity contribution in [2.24, 2.45) is 16.6 Å². The van der Waals surface area contributed by atoms with Crippen LogP contribution in [0.3, 0.4) is 0 Å². The summed E-state index contributed by atoms with van der Waals surface area (Å²) in [7, 11) is 0. The lowest BCUT2D eigenvalue weighted by Crippen LogP contribution is -2.37. The Bertz CT molecular complexity index is 508. The number of halogens is 1. The first-order valence-electron chi connectivity index (χ1n) is 9.09. The van der Waals surface area contributed by atoms with E-state index in [-0.39, 0.29) is 24.0 Å². The van der Waals surface area contributed by atoms with Gasteiger partial charge in [-0.2, -0.15) is 0 Å². The first kappa shape index (κ1) is 19.3. The number of ether oxygens (including phenoxy) is 1. The Hall–Kier alpha value is -0.980. The molecule has 0 spiro atoms. The van der Waals surface area contributed by atoms with Gasteiger partial charge in [-0.05, 0) is 62.1 Å². The molecule has 0 aliphatic heterocycles. The number of aliphatic imine (C=N–C) groups is 1. The van der Waals surface area contributed by atoms with Gasteiger partial charge in [0.05, 0.1) is 12.6 Å². The van der Waals surface area contributed by atoms with E-state index < -0.39 is 0 Å². The van der Waals surface area contributed by atoms with E-state index in [2.05, 4.69) is 34.6 Å². The van der Waals surface area contributed by atoms with Crippen molar-refractivity contribution >= 4 is 29.9 Å². The fraction of sp³-hybridized carbons (Fsp3) is 0.632. The summed E-state index contributed by atoms with van der Waals surface area (Å²) in [5.41, 5.74) is 7.08. The molecule has 0 radical (unpaired) electrons. The summed E-state index contributed by atoms with van der Waals surface area (Å²) in [6, 6.07) is 8.27. The first-order valence-corrected chi connectivity index (χ1v) is 9.09. The Kier molecular flexibility index (Phi) is 8.15. The van der Waals surface area contributed by atoms with E-state index in [0.29, 0.717) is 18.6 Å². The van der Waals surface area contributed by atoms with Crippen molar-refractivity contribution in [2.45, 2.75) is 64.0 Å². The van der Waals surface area contributed by atoms with Gasteiger partial charge >= 0.3 is 0 Å². The number of hydrogen-bond donors (Lipinski definition) is 2. The third-order valence-electron chi connectivity index (χ3n) is 5.01. The van der Waals surface area contributed by atoms with Crippen LogP contribution in [0.25, 0.3) is 0 Å². The van der Waals surface area contributed by atoms with Crippen LogP contribution in [-0.2, 0) is 6.54 Å². The minimum Gasteiger partial charge on any atom is -0.490 e. The van der Waals surface area contributed by atoms with E-state index >= 15 is 0 Å². The smallest absolute Gasteiger partial charge is 0.188 e. The summed E-state index contributed by atoms with van der Waals surface area (Å²) >= 11 is 0. The maximum Gasteiger partial charge on any atom is 0.188 e. The molecule has 0 amide bonds. The molecule has 2 aliphatic rings. The number of nitrogens with two attached hydrogens (primary N) is 1. The fourth-order valence-electron chi connectivity index (χ4n) is 3.23. The van der Waals surface area contributed by atoms with E-state index in [4.69, 9.17) is 10.5 Å². The van der Waals surface area contributed by atoms with Crippen LogP contribution in [0.1, 0.15) is 56.9 Å². The highest BCUT2D eigenvalue weighted by Crippen LogP contribution is 2.25. The lowest BCUT2D eigenvalue weighted by atomic mass is 9.85. The Morgan fingerprint density at radius 1 is 1.04 bits per heavy atom. The van der Waals surface area contributed by atoms with Gasteiger partial charge in [0.25, 0.3) is 0 Å². The molecule has 1 aromatic carbocycles. The number of guanidine groups is 1. The van der Waals surface area contributed by atoms with Crippen molar-refractivity contribution in [1.82, 2.24) is 5.32 Å². The molecule has 3 N–H and O–H groups in total. The molecule has 0 aromatic heterocycles. The number of nitrogens with zero attached hydrogens (tertiary/aromatic N) is 1. The van der Waals surface area contributed by atoms with Gasteiger partial charge in [-0.3, -0.25) is 0 Å². The van der Waals surface area contributed by atoms with Crippen molar-refractivity contribution in [2.75, 3.05) is 6.54 Å².